The first-order valence-electron chi connectivity index (χ1n) is 9.96. The minimum atomic E-state index is -4.31. The van der Waals surface area contributed by atoms with Gasteiger partial charge in [0.1, 0.15) is 28.8 Å². The van der Waals surface area contributed by atoms with Gasteiger partial charge in [-0.15, -0.1) is 0 Å². The fourth-order valence-electron chi connectivity index (χ4n) is 3.44. The number of nitrogens with zero attached hydrogens (tertiary/aromatic N) is 1. The second-order valence-electron chi connectivity index (χ2n) is 7.35. The highest BCUT2D eigenvalue weighted by molar-refractivity contribution is 7.91. The highest BCUT2D eigenvalue weighted by Crippen LogP contribution is 2.24. The third-order valence-electron chi connectivity index (χ3n) is 5.11. The summed E-state index contributed by atoms with van der Waals surface area (Å²) in [5.41, 5.74) is -0.385. The standard InChI is InChI=1S/C24H18F2N2O5S/c1-33-18-7-9-19(10-8-18)34(31,32)22-13-28(21-11-4-16(26)12-20(21)24(22)30)14-23(29)27-17-5-2-15(25)3-6-17/h2-13H,14H2,1H3,(H,27,29). The molecule has 34 heavy (non-hydrogen) atoms. The maximum Gasteiger partial charge on any atom is 0.244 e. The Labute approximate surface area is 193 Å². The fraction of sp³-hybridized carbons (Fsp3) is 0.0833. The number of amides is 1. The summed E-state index contributed by atoms with van der Waals surface area (Å²) >= 11 is 0. The number of halogens is 2. The van der Waals surface area contributed by atoms with E-state index < -0.39 is 37.7 Å². The number of nitrogens with one attached hydrogen (secondary N) is 1. The molecule has 0 aliphatic carbocycles. The quantitative estimate of drug-likeness (QED) is 0.450. The SMILES string of the molecule is COc1ccc(S(=O)(=O)c2cn(CC(=O)Nc3ccc(F)cc3)c3ccc(F)cc3c2=O)cc1. The number of anilines is 1. The van der Waals surface area contributed by atoms with Gasteiger partial charge in [-0.1, -0.05) is 0 Å². The van der Waals surface area contributed by atoms with Gasteiger partial charge >= 0.3 is 0 Å². The van der Waals surface area contributed by atoms with Crippen LogP contribution >= 0.6 is 0 Å². The van der Waals surface area contributed by atoms with Crippen molar-refractivity contribution in [3.05, 3.63) is 94.8 Å². The third-order valence-corrected chi connectivity index (χ3v) is 6.87. The molecule has 1 amide bonds. The Morgan fingerprint density at radius 2 is 1.62 bits per heavy atom. The van der Waals surface area contributed by atoms with Crippen LogP contribution in [-0.2, 0) is 21.2 Å². The number of sulfone groups is 1. The second-order valence-corrected chi connectivity index (χ2v) is 9.26. The molecule has 0 spiro atoms. The molecule has 0 saturated heterocycles. The number of hydrogen-bond donors (Lipinski definition) is 1. The van der Waals surface area contributed by atoms with E-state index in [-0.39, 0.29) is 22.3 Å². The number of methoxy groups -OCH3 is 1. The molecule has 0 fully saturated rings. The van der Waals surface area contributed by atoms with Crippen molar-refractivity contribution < 1.29 is 26.7 Å². The molecular formula is C24H18F2N2O5S. The summed E-state index contributed by atoms with van der Waals surface area (Å²) in [7, 11) is -2.88. The van der Waals surface area contributed by atoms with Crippen LogP contribution in [0.1, 0.15) is 0 Å². The van der Waals surface area contributed by atoms with E-state index in [0.29, 0.717) is 11.4 Å². The van der Waals surface area contributed by atoms with Gasteiger partial charge in [0.2, 0.25) is 21.2 Å². The van der Waals surface area contributed by atoms with E-state index in [9.17, 15) is 26.8 Å². The summed E-state index contributed by atoms with van der Waals surface area (Å²) in [6.07, 6.45) is 1.06. The van der Waals surface area contributed by atoms with Crippen LogP contribution in [0.4, 0.5) is 14.5 Å². The number of carbonyl (C=O) groups is 1. The van der Waals surface area contributed by atoms with E-state index in [0.717, 1.165) is 18.3 Å². The van der Waals surface area contributed by atoms with Crippen molar-refractivity contribution in [3.8, 4) is 5.75 Å². The van der Waals surface area contributed by atoms with Crippen molar-refractivity contribution in [1.82, 2.24) is 4.57 Å². The van der Waals surface area contributed by atoms with Crippen LogP contribution in [0, 0.1) is 11.6 Å². The predicted molar refractivity (Wildman–Crippen MR) is 122 cm³/mol. The summed E-state index contributed by atoms with van der Waals surface area (Å²) in [4.78, 5) is 24.9. The zero-order valence-corrected chi connectivity index (χ0v) is 18.6. The first-order valence-corrected chi connectivity index (χ1v) is 11.4. The number of fused-ring (bicyclic) bond motifs is 1. The Kier molecular flexibility index (Phi) is 6.16. The highest BCUT2D eigenvalue weighted by Gasteiger charge is 2.24. The lowest BCUT2D eigenvalue weighted by atomic mass is 10.2. The predicted octanol–water partition coefficient (Wildman–Crippen LogP) is 3.76. The Bertz CT molecular complexity index is 1550. The number of benzene rings is 3. The van der Waals surface area contributed by atoms with Crippen molar-refractivity contribution in [2.45, 2.75) is 16.3 Å². The molecule has 0 unspecified atom stereocenters. The average molecular weight is 484 g/mol. The molecule has 4 rings (SSSR count). The monoisotopic (exact) mass is 484 g/mol. The summed E-state index contributed by atoms with van der Waals surface area (Å²) in [5, 5.41) is 2.38. The topological polar surface area (TPSA) is 94.5 Å². The van der Waals surface area contributed by atoms with Gasteiger partial charge in [-0.25, -0.2) is 17.2 Å². The Morgan fingerprint density at radius 3 is 2.26 bits per heavy atom. The molecule has 1 aromatic heterocycles. The van der Waals surface area contributed by atoms with Crippen LogP contribution in [0.5, 0.6) is 5.75 Å². The highest BCUT2D eigenvalue weighted by atomic mass is 32.2. The first-order chi connectivity index (χ1) is 16.2. The van der Waals surface area contributed by atoms with Gasteiger partial charge in [0.25, 0.3) is 0 Å². The molecule has 0 aliphatic heterocycles. The molecule has 0 bridgehead atoms. The van der Waals surface area contributed by atoms with Gasteiger partial charge in [-0.3, -0.25) is 9.59 Å². The number of hydrogen-bond acceptors (Lipinski definition) is 5. The number of carbonyl (C=O) groups excluding carboxylic acids is 1. The molecule has 10 heteroatoms. The van der Waals surface area contributed by atoms with Crippen LogP contribution in [-0.4, -0.2) is 26.0 Å². The van der Waals surface area contributed by atoms with Crippen LogP contribution in [0.3, 0.4) is 0 Å². The molecule has 1 heterocycles. The van der Waals surface area contributed by atoms with Crippen LogP contribution < -0.4 is 15.5 Å². The number of ether oxygens (including phenoxy) is 1. The molecule has 1 N–H and O–H groups in total. The fourth-order valence-corrected chi connectivity index (χ4v) is 4.80. The van der Waals surface area contributed by atoms with E-state index in [1.54, 1.807) is 0 Å². The summed E-state index contributed by atoms with van der Waals surface area (Å²) in [6, 6.07) is 13.8. The van der Waals surface area contributed by atoms with Gasteiger partial charge in [0.05, 0.1) is 17.5 Å². The molecule has 7 nitrogen and oxygen atoms in total. The molecule has 0 aliphatic rings. The van der Waals surface area contributed by atoms with E-state index in [1.807, 2.05) is 0 Å². The largest absolute Gasteiger partial charge is 0.497 e. The minimum Gasteiger partial charge on any atom is -0.497 e. The molecule has 0 radical (unpaired) electrons. The molecule has 3 aromatic carbocycles. The first kappa shape index (κ1) is 23.1. The van der Waals surface area contributed by atoms with Crippen molar-refractivity contribution in [2.24, 2.45) is 0 Å². The van der Waals surface area contributed by atoms with Gasteiger partial charge in [-0.05, 0) is 66.7 Å². The lowest BCUT2D eigenvalue weighted by molar-refractivity contribution is -0.116. The molecule has 4 aromatic rings. The molecule has 174 valence electrons. The van der Waals surface area contributed by atoms with Crippen molar-refractivity contribution in [2.75, 3.05) is 12.4 Å². The third kappa shape index (κ3) is 4.53. The van der Waals surface area contributed by atoms with E-state index in [2.05, 4.69) is 5.32 Å². The number of aromatic nitrogens is 1. The van der Waals surface area contributed by atoms with Gasteiger partial charge in [0, 0.05) is 17.3 Å². The van der Waals surface area contributed by atoms with Gasteiger partial charge in [-0.2, -0.15) is 0 Å². The van der Waals surface area contributed by atoms with E-state index in [1.165, 1.54) is 66.3 Å². The Balaban J connectivity index is 1.80. The average Bonchev–Trinajstić information content (AvgIpc) is 2.82. The van der Waals surface area contributed by atoms with Crippen LogP contribution in [0.2, 0.25) is 0 Å². The van der Waals surface area contributed by atoms with E-state index >= 15 is 0 Å². The minimum absolute atomic E-state index is 0.163. The maximum absolute atomic E-state index is 13.9. The molecule has 0 atom stereocenters. The molecular weight excluding hydrogens is 466 g/mol. The van der Waals surface area contributed by atoms with Crippen LogP contribution in [0.15, 0.2) is 87.5 Å². The van der Waals surface area contributed by atoms with Crippen LogP contribution in [0.25, 0.3) is 10.9 Å². The zero-order valence-electron chi connectivity index (χ0n) is 17.8. The lowest BCUT2D eigenvalue weighted by Gasteiger charge is -2.14. The molecule has 0 saturated carbocycles. The normalized spacial score (nSPS) is 11.4. The van der Waals surface area contributed by atoms with Gasteiger partial charge in [0.15, 0.2) is 0 Å². The van der Waals surface area contributed by atoms with Crippen molar-refractivity contribution >= 4 is 32.3 Å². The zero-order chi connectivity index (χ0) is 24.5. The van der Waals surface area contributed by atoms with Crippen molar-refractivity contribution in [3.63, 3.8) is 0 Å². The Morgan fingerprint density at radius 1 is 0.971 bits per heavy atom. The summed E-state index contributed by atoms with van der Waals surface area (Å²) in [5.74, 6) is -1.34. The maximum atomic E-state index is 13.9. The second kappa shape index (κ2) is 9.06. The van der Waals surface area contributed by atoms with Gasteiger partial charge < -0.3 is 14.6 Å². The van der Waals surface area contributed by atoms with E-state index in [4.69, 9.17) is 4.74 Å². The lowest BCUT2D eigenvalue weighted by Crippen LogP contribution is -2.24. The number of rotatable bonds is 6. The smallest absolute Gasteiger partial charge is 0.244 e. The summed E-state index contributed by atoms with van der Waals surface area (Å²) < 4.78 is 59.9. The summed E-state index contributed by atoms with van der Waals surface area (Å²) in [6.45, 7) is -0.384. The van der Waals surface area contributed by atoms with Crippen molar-refractivity contribution in [1.29, 1.82) is 0 Å². The Hall–Kier alpha value is -4.05. The number of pyridine rings is 1.